The van der Waals surface area contributed by atoms with Gasteiger partial charge in [-0.25, -0.2) is 0 Å². The van der Waals surface area contributed by atoms with Gasteiger partial charge < -0.3 is 5.32 Å². The van der Waals surface area contributed by atoms with Gasteiger partial charge in [-0.15, -0.1) is 0 Å². The highest BCUT2D eigenvalue weighted by Gasteiger charge is 2.17. The van der Waals surface area contributed by atoms with Crippen molar-refractivity contribution in [1.82, 2.24) is 5.32 Å². The Kier molecular flexibility index (Phi) is 4.95. The molecule has 1 N–H and O–H groups in total. The molecule has 2 rings (SSSR count). The van der Waals surface area contributed by atoms with E-state index in [1.165, 1.54) is 6.42 Å². The number of nitriles is 1. The van der Waals surface area contributed by atoms with Gasteiger partial charge in [0.05, 0.1) is 0 Å². The van der Waals surface area contributed by atoms with Crippen LogP contribution in [0.3, 0.4) is 0 Å². The summed E-state index contributed by atoms with van der Waals surface area (Å²) < 4.78 is 0. The highest BCUT2D eigenvalue weighted by molar-refractivity contribution is 6.01. The zero-order valence-corrected chi connectivity index (χ0v) is 11.9. The van der Waals surface area contributed by atoms with E-state index in [0.717, 1.165) is 36.8 Å². The number of hydrogen-bond donors (Lipinski definition) is 1. The molecular weight excluding hydrogens is 248 g/mol. The zero-order chi connectivity index (χ0) is 14.4. The van der Waals surface area contributed by atoms with E-state index in [1.54, 1.807) is 6.08 Å². The van der Waals surface area contributed by atoms with Crippen molar-refractivity contribution in [3.05, 3.63) is 41.0 Å². The molecule has 1 saturated carbocycles. The van der Waals surface area contributed by atoms with Gasteiger partial charge >= 0.3 is 0 Å². The van der Waals surface area contributed by atoms with Crippen LogP contribution in [0.15, 0.2) is 29.8 Å². The average molecular weight is 268 g/mol. The topological polar surface area (TPSA) is 52.9 Å². The third kappa shape index (κ3) is 3.96. The lowest BCUT2D eigenvalue weighted by atomic mass is 9.95. The summed E-state index contributed by atoms with van der Waals surface area (Å²) in [7, 11) is 0. The van der Waals surface area contributed by atoms with Crippen LogP contribution in [0.4, 0.5) is 0 Å². The second-order valence-electron chi connectivity index (χ2n) is 5.39. The fourth-order valence-corrected chi connectivity index (χ4v) is 2.59. The minimum atomic E-state index is -0.249. The van der Waals surface area contributed by atoms with Crippen molar-refractivity contribution >= 4 is 12.0 Å². The van der Waals surface area contributed by atoms with E-state index < -0.39 is 0 Å². The average Bonchev–Trinajstić information content (AvgIpc) is 2.46. The van der Waals surface area contributed by atoms with Crippen molar-refractivity contribution in [2.24, 2.45) is 0 Å². The van der Waals surface area contributed by atoms with E-state index in [2.05, 4.69) is 5.32 Å². The molecule has 104 valence electrons. The minimum Gasteiger partial charge on any atom is -0.349 e. The maximum Gasteiger partial charge on any atom is 0.262 e. The highest BCUT2D eigenvalue weighted by Crippen LogP contribution is 2.18. The van der Waals surface area contributed by atoms with Gasteiger partial charge in [-0.3, -0.25) is 4.79 Å². The van der Waals surface area contributed by atoms with Gasteiger partial charge in [0.15, 0.2) is 0 Å². The number of carbonyl (C=O) groups excluding carboxylic acids is 1. The Morgan fingerprint density at radius 1 is 1.35 bits per heavy atom. The number of nitrogens with one attached hydrogen (secondary N) is 1. The number of hydrogen-bond acceptors (Lipinski definition) is 2. The fourth-order valence-electron chi connectivity index (χ4n) is 2.59. The first-order chi connectivity index (χ1) is 9.69. The molecule has 1 amide bonds. The van der Waals surface area contributed by atoms with Gasteiger partial charge in [-0.1, -0.05) is 49.1 Å². The van der Waals surface area contributed by atoms with Crippen LogP contribution in [0.25, 0.3) is 6.08 Å². The first kappa shape index (κ1) is 14.3. The number of carbonyl (C=O) groups is 1. The van der Waals surface area contributed by atoms with Crippen LogP contribution < -0.4 is 5.32 Å². The summed E-state index contributed by atoms with van der Waals surface area (Å²) in [6.45, 7) is 1.99. The van der Waals surface area contributed by atoms with Crippen molar-refractivity contribution in [1.29, 1.82) is 5.26 Å². The summed E-state index contributed by atoms with van der Waals surface area (Å²) in [5.41, 5.74) is 2.19. The first-order valence-corrected chi connectivity index (χ1v) is 7.18. The van der Waals surface area contributed by atoms with Crippen molar-refractivity contribution in [2.75, 3.05) is 0 Å². The van der Waals surface area contributed by atoms with E-state index in [9.17, 15) is 10.1 Å². The summed E-state index contributed by atoms with van der Waals surface area (Å²) >= 11 is 0. The lowest BCUT2D eigenvalue weighted by molar-refractivity contribution is -0.117. The van der Waals surface area contributed by atoms with Gasteiger partial charge in [0.2, 0.25) is 0 Å². The molecule has 0 saturated heterocycles. The Morgan fingerprint density at radius 2 is 2.10 bits per heavy atom. The number of nitrogens with zero attached hydrogens (tertiary/aromatic N) is 1. The minimum absolute atomic E-state index is 0.182. The molecule has 1 fully saturated rings. The molecular formula is C17H20N2O. The van der Waals surface area contributed by atoms with Gasteiger partial charge in [0.1, 0.15) is 11.6 Å². The Hall–Kier alpha value is -2.08. The van der Waals surface area contributed by atoms with E-state index in [-0.39, 0.29) is 17.5 Å². The first-order valence-electron chi connectivity index (χ1n) is 7.18. The number of rotatable bonds is 3. The zero-order valence-electron chi connectivity index (χ0n) is 11.9. The van der Waals surface area contributed by atoms with Crippen molar-refractivity contribution in [3.8, 4) is 6.07 Å². The van der Waals surface area contributed by atoms with Crippen molar-refractivity contribution in [3.63, 3.8) is 0 Å². The number of benzene rings is 1. The molecule has 0 radical (unpaired) electrons. The molecule has 3 nitrogen and oxygen atoms in total. The monoisotopic (exact) mass is 268 g/mol. The van der Waals surface area contributed by atoms with E-state index in [0.29, 0.717) is 0 Å². The Labute approximate surface area is 120 Å². The quantitative estimate of drug-likeness (QED) is 0.675. The summed E-state index contributed by atoms with van der Waals surface area (Å²) in [4.78, 5) is 12.1. The molecule has 0 aliphatic heterocycles. The van der Waals surface area contributed by atoms with E-state index >= 15 is 0 Å². The van der Waals surface area contributed by atoms with Crippen LogP contribution >= 0.6 is 0 Å². The molecule has 20 heavy (non-hydrogen) atoms. The normalized spacial score (nSPS) is 16.5. The largest absolute Gasteiger partial charge is 0.349 e. The molecule has 0 spiro atoms. The molecule has 3 heteroatoms. The summed E-state index contributed by atoms with van der Waals surface area (Å²) in [5, 5.41) is 12.2. The van der Waals surface area contributed by atoms with Crippen LogP contribution in [0.5, 0.6) is 0 Å². The highest BCUT2D eigenvalue weighted by atomic mass is 16.1. The molecule has 1 aliphatic carbocycles. The number of amides is 1. The molecule has 1 aliphatic rings. The molecule has 1 aromatic carbocycles. The van der Waals surface area contributed by atoms with Gasteiger partial charge in [-0.05, 0) is 31.4 Å². The van der Waals surface area contributed by atoms with Gasteiger partial charge in [-0.2, -0.15) is 5.26 Å². The predicted octanol–water partition coefficient (Wildman–Crippen LogP) is 3.35. The van der Waals surface area contributed by atoms with E-state index in [1.807, 2.05) is 37.3 Å². The van der Waals surface area contributed by atoms with Crippen molar-refractivity contribution < 1.29 is 4.79 Å². The standard InChI is InChI=1S/C17H20N2O/c1-13-6-5-7-14(10-13)11-15(12-18)17(20)19-16-8-3-2-4-9-16/h5-7,10-11,16H,2-4,8-9H2,1H3,(H,19,20)/b15-11-. The van der Waals surface area contributed by atoms with Gasteiger partial charge in [0.25, 0.3) is 5.91 Å². The summed E-state index contributed by atoms with van der Waals surface area (Å²) in [6, 6.07) is 10.0. The third-order valence-electron chi connectivity index (χ3n) is 3.66. The Morgan fingerprint density at radius 3 is 2.75 bits per heavy atom. The second kappa shape index (κ2) is 6.91. The summed E-state index contributed by atoms with van der Waals surface area (Å²) in [5.74, 6) is -0.249. The van der Waals surface area contributed by atoms with Crippen LogP contribution in [-0.4, -0.2) is 11.9 Å². The smallest absolute Gasteiger partial charge is 0.262 e. The maximum atomic E-state index is 12.1. The van der Waals surface area contributed by atoms with Crippen LogP contribution in [0.2, 0.25) is 0 Å². The lowest BCUT2D eigenvalue weighted by Gasteiger charge is -2.22. The Bertz CT molecular complexity index is 548. The van der Waals surface area contributed by atoms with Crippen LogP contribution in [-0.2, 0) is 4.79 Å². The molecule has 0 unspecified atom stereocenters. The SMILES string of the molecule is Cc1cccc(/C=C(/C#N)C(=O)NC2CCCCC2)c1. The molecule has 0 bridgehead atoms. The van der Waals surface area contributed by atoms with Crippen molar-refractivity contribution in [2.45, 2.75) is 45.1 Å². The predicted molar refractivity (Wildman–Crippen MR) is 79.8 cm³/mol. The van der Waals surface area contributed by atoms with Gasteiger partial charge in [0, 0.05) is 6.04 Å². The van der Waals surface area contributed by atoms with Crippen LogP contribution in [0, 0.1) is 18.3 Å². The fraction of sp³-hybridized carbons (Fsp3) is 0.412. The maximum absolute atomic E-state index is 12.1. The summed E-state index contributed by atoms with van der Waals surface area (Å²) in [6.07, 6.45) is 7.27. The Balaban J connectivity index is 2.07. The second-order valence-corrected chi connectivity index (χ2v) is 5.39. The third-order valence-corrected chi connectivity index (χ3v) is 3.66. The lowest BCUT2D eigenvalue weighted by Crippen LogP contribution is -2.36. The molecule has 1 aromatic rings. The van der Waals surface area contributed by atoms with E-state index in [4.69, 9.17) is 0 Å². The number of aryl methyl sites for hydroxylation is 1. The molecule has 0 heterocycles. The molecule has 0 atom stereocenters. The molecule has 0 aromatic heterocycles. The van der Waals surface area contributed by atoms with Crippen LogP contribution in [0.1, 0.15) is 43.2 Å².